The number of hydrogen-bond donors (Lipinski definition) is 1. The van der Waals surface area contributed by atoms with Gasteiger partial charge in [0.2, 0.25) is 5.91 Å². The fourth-order valence-corrected chi connectivity index (χ4v) is 3.03. The number of carboxylic acids is 1. The number of rotatable bonds is 8. The Hall–Kier alpha value is -1.32. The molecule has 0 aromatic rings. The number of allylic oxidation sites excluding steroid dienone is 1. The molecule has 3 atom stereocenters. The van der Waals surface area contributed by atoms with Crippen LogP contribution in [0, 0.1) is 11.8 Å². The van der Waals surface area contributed by atoms with Crippen molar-refractivity contribution < 1.29 is 14.7 Å². The highest BCUT2D eigenvalue weighted by Crippen LogP contribution is 2.23. The second-order valence-electron chi connectivity index (χ2n) is 6.10. The van der Waals surface area contributed by atoms with E-state index in [0.29, 0.717) is 31.2 Å². The van der Waals surface area contributed by atoms with Gasteiger partial charge in [0.25, 0.3) is 0 Å². The third kappa shape index (κ3) is 4.99. The number of aliphatic carboxylic acids is 1. The van der Waals surface area contributed by atoms with Gasteiger partial charge in [0.05, 0.1) is 0 Å². The first kappa shape index (κ1) is 16.7. The minimum atomic E-state index is -0.872. The Kier molecular flexibility index (Phi) is 6.76. The van der Waals surface area contributed by atoms with Crippen molar-refractivity contribution in [3.8, 4) is 0 Å². The molecule has 1 amide bonds. The van der Waals surface area contributed by atoms with E-state index in [9.17, 15) is 9.59 Å². The summed E-state index contributed by atoms with van der Waals surface area (Å²) in [6.07, 6.45) is 6.89. The second-order valence-corrected chi connectivity index (χ2v) is 6.10. The van der Waals surface area contributed by atoms with E-state index in [0.717, 1.165) is 25.7 Å². The van der Waals surface area contributed by atoms with E-state index in [1.54, 1.807) is 4.90 Å². The number of carbonyl (C=O) groups is 2. The molecule has 3 unspecified atom stereocenters. The van der Waals surface area contributed by atoms with Crippen LogP contribution in [0.5, 0.6) is 0 Å². The highest BCUT2D eigenvalue weighted by molar-refractivity contribution is 5.84. The van der Waals surface area contributed by atoms with Gasteiger partial charge in [-0.15, -0.1) is 6.58 Å². The first-order valence-electron chi connectivity index (χ1n) is 7.58. The standard InChI is InChI=1S/C16H27NO3/c1-4-5-7-12(2)10-13(3)11-15(18)17-9-6-8-14(17)16(19)20/h4,12-14H,1,5-11H2,2-3H3,(H,19,20). The molecule has 114 valence electrons. The van der Waals surface area contributed by atoms with Gasteiger partial charge in [-0.1, -0.05) is 19.9 Å². The van der Waals surface area contributed by atoms with Crippen LogP contribution in [0.25, 0.3) is 0 Å². The summed E-state index contributed by atoms with van der Waals surface area (Å²) in [5, 5.41) is 9.11. The van der Waals surface area contributed by atoms with Gasteiger partial charge in [-0.05, 0) is 43.9 Å². The van der Waals surface area contributed by atoms with Gasteiger partial charge in [-0.3, -0.25) is 4.79 Å². The molecule has 1 N–H and O–H groups in total. The van der Waals surface area contributed by atoms with Crippen molar-refractivity contribution in [2.24, 2.45) is 11.8 Å². The number of amides is 1. The zero-order valence-electron chi connectivity index (χ0n) is 12.7. The molecule has 1 heterocycles. The quantitative estimate of drug-likeness (QED) is 0.696. The fraction of sp³-hybridized carbons (Fsp3) is 0.750. The van der Waals surface area contributed by atoms with Gasteiger partial charge in [-0.2, -0.15) is 0 Å². The van der Waals surface area contributed by atoms with E-state index in [1.165, 1.54) is 0 Å². The Labute approximate surface area is 121 Å². The molecule has 1 saturated heterocycles. The second kappa shape index (κ2) is 8.08. The number of hydrogen-bond acceptors (Lipinski definition) is 2. The smallest absolute Gasteiger partial charge is 0.326 e. The van der Waals surface area contributed by atoms with Gasteiger partial charge < -0.3 is 10.0 Å². The fourth-order valence-electron chi connectivity index (χ4n) is 3.03. The predicted molar refractivity (Wildman–Crippen MR) is 79.4 cm³/mol. The molecule has 1 rings (SSSR count). The monoisotopic (exact) mass is 281 g/mol. The van der Waals surface area contributed by atoms with Gasteiger partial charge >= 0.3 is 5.97 Å². The van der Waals surface area contributed by atoms with Crippen LogP contribution in [0.1, 0.15) is 52.4 Å². The average molecular weight is 281 g/mol. The van der Waals surface area contributed by atoms with E-state index in [1.807, 2.05) is 6.08 Å². The molecular weight excluding hydrogens is 254 g/mol. The molecule has 0 aromatic heterocycles. The minimum Gasteiger partial charge on any atom is -0.480 e. The largest absolute Gasteiger partial charge is 0.480 e. The summed E-state index contributed by atoms with van der Waals surface area (Å²) in [5.74, 6) is 0.00295. The Balaban J connectivity index is 2.41. The summed E-state index contributed by atoms with van der Waals surface area (Å²) in [5.41, 5.74) is 0. The topological polar surface area (TPSA) is 57.6 Å². The van der Waals surface area contributed by atoms with Gasteiger partial charge in [0.1, 0.15) is 6.04 Å². The van der Waals surface area contributed by atoms with Crippen LogP contribution in [0.3, 0.4) is 0 Å². The van der Waals surface area contributed by atoms with Crippen molar-refractivity contribution >= 4 is 11.9 Å². The number of likely N-dealkylation sites (tertiary alicyclic amines) is 1. The summed E-state index contributed by atoms with van der Waals surface area (Å²) in [4.78, 5) is 24.9. The molecule has 0 saturated carbocycles. The van der Waals surface area contributed by atoms with E-state index in [4.69, 9.17) is 5.11 Å². The zero-order valence-corrected chi connectivity index (χ0v) is 12.7. The maximum Gasteiger partial charge on any atom is 0.326 e. The predicted octanol–water partition coefficient (Wildman–Crippen LogP) is 3.08. The lowest BCUT2D eigenvalue weighted by Crippen LogP contribution is -2.41. The van der Waals surface area contributed by atoms with Crippen LogP contribution in [-0.4, -0.2) is 34.5 Å². The Morgan fingerprint density at radius 2 is 2.10 bits per heavy atom. The first-order chi connectivity index (χ1) is 9.45. The molecule has 0 aromatic carbocycles. The zero-order chi connectivity index (χ0) is 15.1. The van der Waals surface area contributed by atoms with Crippen molar-refractivity contribution in [1.82, 2.24) is 4.90 Å². The summed E-state index contributed by atoms with van der Waals surface area (Å²) < 4.78 is 0. The Morgan fingerprint density at radius 3 is 2.70 bits per heavy atom. The van der Waals surface area contributed by atoms with Crippen molar-refractivity contribution in [1.29, 1.82) is 0 Å². The molecule has 20 heavy (non-hydrogen) atoms. The van der Waals surface area contributed by atoms with Crippen LogP contribution in [0.2, 0.25) is 0 Å². The van der Waals surface area contributed by atoms with Crippen LogP contribution in [0.15, 0.2) is 12.7 Å². The van der Waals surface area contributed by atoms with Gasteiger partial charge in [0, 0.05) is 13.0 Å². The summed E-state index contributed by atoms with van der Waals surface area (Å²) in [6, 6.07) is -0.604. The van der Waals surface area contributed by atoms with Crippen LogP contribution < -0.4 is 0 Å². The number of carbonyl (C=O) groups excluding carboxylic acids is 1. The van der Waals surface area contributed by atoms with Crippen molar-refractivity contribution in [3.63, 3.8) is 0 Å². The molecule has 4 nitrogen and oxygen atoms in total. The highest BCUT2D eigenvalue weighted by atomic mass is 16.4. The number of nitrogens with zero attached hydrogens (tertiary/aromatic N) is 1. The van der Waals surface area contributed by atoms with Crippen LogP contribution >= 0.6 is 0 Å². The molecule has 0 aliphatic carbocycles. The Bertz CT molecular complexity index is 354. The minimum absolute atomic E-state index is 0.00155. The molecule has 1 fully saturated rings. The lowest BCUT2D eigenvalue weighted by Gasteiger charge is -2.24. The molecular formula is C16H27NO3. The first-order valence-corrected chi connectivity index (χ1v) is 7.58. The van der Waals surface area contributed by atoms with Gasteiger partial charge in [0.15, 0.2) is 0 Å². The van der Waals surface area contributed by atoms with E-state index >= 15 is 0 Å². The highest BCUT2D eigenvalue weighted by Gasteiger charge is 2.34. The molecule has 4 heteroatoms. The van der Waals surface area contributed by atoms with Gasteiger partial charge in [-0.25, -0.2) is 4.79 Å². The third-order valence-corrected chi connectivity index (χ3v) is 4.05. The SMILES string of the molecule is C=CCCC(C)CC(C)CC(=O)N1CCCC1C(=O)O. The lowest BCUT2D eigenvalue weighted by atomic mass is 9.91. The van der Waals surface area contributed by atoms with Crippen molar-refractivity contribution in [3.05, 3.63) is 12.7 Å². The number of carboxylic acid groups (broad SMARTS) is 1. The molecule has 0 bridgehead atoms. The Morgan fingerprint density at radius 1 is 1.40 bits per heavy atom. The normalized spacial score (nSPS) is 21.5. The maximum absolute atomic E-state index is 12.2. The van der Waals surface area contributed by atoms with Crippen LogP contribution in [-0.2, 0) is 9.59 Å². The lowest BCUT2D eigenvalue weighted by molar-refractivity contribution is -0.148. The van der Waals surface area contributed by atoms with Crippen molar-refractivity contribution in [2.75, 3.05) is 6.54 Å². The maximum atomic E-state index is 12.2. The molecule has 0 radical (unpaired) electrons. The average Bonchev–Trinajstić information content (AvgIpc) is 2.85. The third-order valence-electron chi connectivity index (χ3n) is 4.05. The molecule has 1 aliphatic heterocycles. The van der Waals surface area contributed by atoms with Crippen molar-refractivity contribution in [2.45, 2.75) is 58.4 Å². The summed E-state index contributed by atoms with van der Waals surface area (Å²) in [6.45, 7) is 8.59. The van der Waals surface area contributed by atoms with E-state index in [-0.39, 0.29) is 5.91 Å². The van der Waals surface area contributed by atoms with E-state index < -0.39 is 12.0 Å². The van der Waals surface area contributed by atoms with E-state index in [2.05, 4.69) is 20.4 Å². The summed E-state index contributed by atoms with van der Waals surface area (Å²) >= 11 is 0. The van der Waals surface area contributed by atoms with Crippen LogP contribution in [0.4, 0.5) is 0 Å². The molecule has 1 aliphatic rings. The molecule has 0 spiro atoms. The summed E-state index contributed by atoms with van der Waals surface area (Å²) in [7, 11) is 0.